The van der Waals surface area contributed by atoms with Gasteiger partial charge < -0.3 is 9.14 Å². The second-order valence-corrected chi connectivity index (χ2v) is 5.45. The van der Waals surface area contributed by atoms with E-state index in [4.69, 9.17) is 4.74 Å². The van der Waals surface area contributed by atoms with Gasteiger partial charge in [-0.15, -0.1) is 0 Å². The van der Waals surface area contributed by atoms with Crippen molar-refractivity contribution >= 4 is 27.5 Å². The van der Waals surface area contributed by atoms with Crippen molar-refractivity contribution in [2.45, 2.75) is 6.42 Å². The predicted molar refractivity (Wildman–Crippen MR) is 80.2 cm³/mol. The van der Waals surface area contributed by atoms with Gasteiger partial charge in [-0.05, 0) is 28.1 Å². The molecule has 0 aromatic carbocycles. The van der Waals surface area contributed by atoms with Crippen molar-refractivity contribution in [1.82, 2.24) is 19.2 Å². The summed E-state index contributed by atoms with van der Waals surface area (Å²) >= 11 is 3.43. The smallest absolute Gasteiger partial charge is 0.339 e. The normalized spacial score (nSPS) is 11.0. The maximum atomic E-state index is 11.5. The zero-order valence-electron chi connectivity index (χ0n) is 11.6. The summed E-state index contributed by atoms with van der Waals surface area (Å²) in [4.78, 5) is 16.1. The summed E-state index contributed by atoms with van der Waals surface area (Å²) in [5.74, 6) is -0.359. The molecule has 21 heavy (non-hydrogen) atoms. The number of hydrogen-bond acceptors (Lipinski definition) is 4. The minimum absolute atomic E-state index is 0.359. The van der Waals surface area contributed by atoms with Crippen molar-refractivity contribution in [2.75, 3.05) is 7.11 Å². The third-order valence-electron chi connectivity index (χ3n) is 3.15. The lowest BCUT2D eigenvalue weighted by Crippen LogP contribution is -2.02. The molecule has 3 aromatic heterocycles. The lowest BCUT2D eigenvalue weighted by molar-refractivity contribution is 0.0600. The third kappa shape index (κ3) is 2.69. The molecule has 0 aliphatic heterocycles. The van der Waals surface area contributed by atoms with Gasteiger partial charge in [0.25, 0.3) is 0 Å². The van der Waals surface area contributed by atoms with E-state index in [1.807, 2.05) is 23.8 Å². The second-order valence-electron chi connectivity index (χ2n) is 4.70. The molecule has 0 saturated heterocycles. The van der Waals surface area contributed by atoms with Gasteiger partial charge in [0.05, 0.1) is 18.4 Å². The summed E-state index contributed by atoms with van der Waals surface area (Å²) in [6, 6.07) is 3.51. The van der Waals surface area contributed by atoms with Crippen molar-refractivity contribution in [2.24, 2.45) is 7.05 Å². The Kier molecular flexibility index (Phi) is 3.50. The molecule has 6 nitrogen and oxygen atoms in total. The van der Waals surface area contributed by atoms with Crippen LogP contribution in [0.25, 0.3) is 5.65 Å². The van der Waals surface area contributed by atoms with Crippen LogP contribution >= 0.6 is 15.9 Å². The van der Waals surface area contributed by atoms with Crippen molar-refractivity contribution in [1.29, 1.82) is 0 Å². The fraction of sp³-hybridized carbons (Fsp3) is 0.214. The summed E-state index contributed by atoms with van der Waals surface area (Å²) in [6.07, 6.45) is 6.24. The van der Waals surface area contributed by atoms with E-state index in [-0.39, 0.29) is 5.97 Å². The Bertz CT molecular complexity index is 822. The van der Waals surface area contributed by atoms with Crippen LogP contribution in [0.4, 0.5) is 0 Å². The van der Waals surface area contributed by atoms with Gasteiger partial charge in [-0.1, -0.05) is 0 Å². The van der Waals surface area contributed by atoms with Gasteiger partial charge in [-0.2, -0.15) is 5.10 Å². The largest absolute Gasteiger partial charge is 0.465 e. The molecular formula is C14H13BrN4O2. The highest BCUT2D eigenvalue weighted by atomic mass is 79.9. The summed E-state index contributed by atoms with van der Waals surface area (Å²) in [6.45, 7) is 0. The minimum atomic E-state index is -0.359. The van der Waals surface area contributed by atoms with Crippen LogP contribution in [-0.4, -0.2) is 32.2 Å². The van der Waals surface area contributed by atoms with E-state index in [0.717, 1.165) is 21.5 Å². The lowest BCUT2D eigenvalue weighted by atomic mass is 10.2. The summed E-state index contributed by atoms with van der Waals surface area (Å²) in [5.41, 5.74) is 3.26. The van der Waals surface area contributed by atoms with Crippen LogP contribution in [0.1, 0.15) is 21.6 Å². The van der Waals surface area contributed by atoms with Crippen LogP contribution in [0.15, 0.2) is 35.3 Å². The zero-order chi connectivity index (χ0) is 15.0. The molecule has 0 N–H and O–H groups in total. The molecule has 0 amide bonds. The Hall–Kier alpha value is -2.15. The molecule has 0 spiro atoms. The maximum Gasteiger partial charge on any atom is 0.339 e. The number of halogens is 1. The molecule has 0 bridgehead atoms. The number of carbonyl (C=O) groups excluding carboxylic acids is 1. The van der Waals surface area contributed by atoms with Gasteiger partial charge in [0.2, 0.25) is 0 Å². The molecule has 0 aliphatic rings. The molecule has 108 valence electrons. The van der Waals surface area contributed by atoms with Gasteiger partial charge in [0.1, 0.15) is 10.3 Å². The number of rotatable bonds is 3. The van der Waals surface area contributed by atoms with Crippen molar-refractivity contribution in [3.05, 3.63) is 52.1 Å². The molecule has 0 radical (unpaired) electrons. The first-order valence-corrected chi connectivity index (χ1v) is 7.10. The molecule has 3 rings (SSSR count). The summed E-state index contributed by atoms with van der Waals surface area (Å²) < 4.78 is 9.11. The zero-order valence-corrected chi connectivity index (χ0v) is 13.2. The number of ether oxygens (including phenoxy) is 1. The highest BCUT2D eigenvalue weighted by molar-refractivity contribution is 9.10. The van der Waals surface area contributed by atoms with Gasteiger partial charge in [-0.25, -0.2) is 9.78 Å². The number of pyridine rings is 1. The first kappa shape index (κ1) is 13.8. The number of fused-ring (bicyclic) bond motifs is 1. The molecule has 7 heteroatoms. The van der Waals surface area contributed by atoms with Gasteiger partial charge in [-0.3, -0.25) is 4.68 Å². The third-order valence-corrected chi connectivity index (χ3v) is 3.81. The van der Waals surface area contributed by atoms with E-state index in [1.54, 1.807) is 23.0 Å². The fourth-order valence-corrected chi connectivity index (χ4v) is 2.68. The van der Waals surface area contributed by atoms with E-state index in [2.05, 4.69) is 26.0 Å². The second kappa shape index (κ2) is 5.33. The number of esters is 1. The Balaban J connectivity index is 1.94. The molecule has 3 aromatic rings. The first-order valence-electron chi connectivity index (χ1n) is 6.31. The van der Waals surface area contributed by atoms with Crippen LogP contribution in [0.3, 0.4) is 0 Å². The quantitative estimate of drug-likeness (QED) is 0.681. The number of aromatic nitrogens is 4. The highest BCUT2D eigenvalue weighted by Gasteiger charge is 2.11. The monoisotopic (exact) mass is 348 g/mol. The summed E-state index contributed by atoms with van der Waals surface area (Å²) in [7, 11) is 3.24. The number of imidazole rings is 1. The van der Waals surface area contributed by atoms with Crippen molar-refractivity contribution in [3.63, 3.8) is 0 Å². The average molecular weight is 349 g/mol. The standard InChI is InChI=1S/C14H13BrN4O2/c1-18-6-10(13(15)17-18)5-11-8-19-7-9(14(20)21-2)3-4-12(19)16-11/h3-4,6-8H,5H2,1-2H3. The number of hydrogen-bond donors (Lipinski definition) is 0. The molecule has 0 saturated carbocycles. The Morgan fingerprint density at radius 3 is 2.81 bits per heavy atom. The molecule has 0 atom stereocenters. The number of aryl methyl sites for hydroxylation is 1. The fourth-order valence-electron chi connectivity index (χ4n) is 2.19. The number of carbonyl (C=O) groups is 1. The minimum Gasteiger partial charge on any atom is -0.465 e. The predicted octanol–water partition coefficient (Wildman–Crippen LogP) is 2.21. The molecule has 0 aliphatic carbocycles. The van der Waals surface area contributed by atoms with Gasteiger partial charge in [0, 0.05) is 37.6 Å². The highest BCUT2D eigenvalue weighted by Crippen LogP contribution is 2.18. The van der Waals surface area contributed by atoms with E-state index in [0.29, 0.717) is 12.0 Å². The average Bonchev–Trinajstić information content (AvgIpc) is 3.00. The van der Waals surface area contributed by atoms with Gasteiger partial charge >= 0.3 is 5.97 Å². The number of methoxy groups -OCH3 is 1. The van der Waals surface area contributed by atoms with Crippen LogP contribution in [-0.2, 0) is 18.2 Å². The van der Waals surface area contributed by atoms with E-state index in [9.17, 15) is 4.79 Å². The SMILES string of the molecule is COC(=O)c1ccc2nc(Cc3cn(C)nc3Br)cn2c1. The van der Waals surface area contributed by atoms with Gasteiger partial charge in [0.15, 0.2) is 0 Å². The Morgan fingerprint density at radius 2 is 2.14 bits per heavy atom. The van der Waals surface area contributed by atoms with Crippen LogP contribution < -0.4 is 0 Å². The number of nitrogens with zero attached hydrogens (tertiary/aromatic N) is 4. The van der Waals surface area contributed by atoms with Crippen LogP contribution in [0.2, 0.25) is 0 Å². The Labute approximate surface area is 129 Å². The lowest BCUT2D eigenvalue weighted by Gasteiger charge is -1.99. The van der Waals surface area contributed by atoms with E-state index < -0.39 is 0 Å². The molecule has 3 heterocycles. The van der Waals surface area contributed by atoms with Crippen molar-refractivity contribution < 1.29 is 9.53 Å². The van der Waals surface area contributed by atoms with Crippen LogP contribution in [0.5, 0.6) is 0 Å². The summed E-state index contributed by atoms with van der Waals surface area (Å²) in [5, 5.41) is 4.25. The maximum absolute atomic E-state index is 11.5. The Morgan fingerprint density at radius 1 is 1.33 bits per heavy atom. The molecule has 0 unspecified atom stereocenters. The molecular weight excluding hydrogens is 336 g/mol. The van der Waals surface area contributed by atoms with Crippen molar-refractivity contribution in [3.8, 4) is 0 Å². The van der Waals surface area contributed by atoms with Crippen LogP contribution in [0, 0.1) is 0 Å². The van der Waals surface area contributed by atoms with E-state index >= 15 is 0 Å². The van der Waals surface area contributed by atoms with E-state index in [1.165, 1.54) is 7.11 Å². The first-order chi connectivity index (χ1) is 10.1. The molecule has 0 fully saturated rings. The topological polar surface area (TPSA) is 61.4 Å².